The summed E-state index contributed by atoms with van der Waals surface area (Å²) in [5.74, 6) is -0.0270. The molecule has 3 rings (SSSR count). The van der Waals surface area contributed by atoms with E-state index in [4.69, 9.17) is 9.47 Å². The normalized spacial score (nSPS) is 18.7. The lowest BCUT2D eigenvalue weighted by atomic mass is 9.99. The third kappa shape index (κ3) is 3.81. The van der Waals surface area contributed by atoms with Crippen molar-refractivity contribution in [3.05, 3.63) is 59.7 Å². The van der Waals surface area contributed by atoms with Gasteiger partial charge in [-0.3, -0.25) is 14.5 Å². The summed E-state index contributed by atoms with van der Waals surface area (Å²) in [4.78, 5) is 41.2. The van der Waals surface area contributed by atoms with Crippen LogP contribution in [0.15, 0.2) is 48.5 Å². The number of imide groups is 1. The topological polar surface area (TPSA) is 76.2 Å². The molecular weight excluding hydrogens is 372 g/mol. The molecule has 1 saturated heterocycles. The lowest BCUT2D eigenvalue weighted by Gasteiger charge is -2.24. The third-order valence-corrected chi connectivity index (χ3v) is 5.28. The van der Waals surface area contributed by atoms with Crippen molar-refractivity contribution in [1.29, 1.82) is 0 Å². The molecule has 0 unspecified atom stereocenters. The molecule has 0 saturated carbocycles. The molecular formula is C22H24N2O5. The van der Waals surface area contributed by atoms with Crippen molar-refractivity contribution in [3.63, 3.8) is 0 Å². The van der Waals surface area contributed by atoms with E-state index in [1.54, 1.807) is 19.2 Å². The summed E-state index contributed by atoms with van der Waals surface area (Å²) in [7, 11) is 4.64. The molecule has 1 aliphatic heterocycles. The Kier molecular flexibility index (Phi) is 5.87. The molecule has 0 aliphatic carbocycles. The molecule has 0 spiro atoms. The first-order valence-corrected chi connectivity index (χ1v) is 9.28. The Hall–Kier alpha value is -3.35. The second kappa shape index (κ2) is 8.34. The average molecular weight is 396 g/mol. The molecule has 7 nitrogen and oxygen atoms in total. The highest BCUT2D eigenvalue weighted by Crippen LogP contribution is 2.35. The van der Waals surface area contributed by atoms with Gasteiger partial charge in [-0.2, -0.15) is 0 Å². The van der Waals surface area contributed by atoms with E-state index in [-0.39, 0.29) is 6.04 Å². The molecule has 0 radical (unpaired) electrons. The van der Waals surface area contributed by atoms with E-state index >= 15 is 0 Å². The number of hydrogen-bond donors (Lipinski definition) is 0. The summed E-state index contributed by atoms with van der Waals surface area (Å²) in [6.45, 7) is 1.89. The van der Waals surface area contributed by atoms with Crippen LogP contribution in [0.25, 0.3) is 0 Å². The van der Waals surface area contributed by atoms with Crippen molar-refractivity contribution in [2.24, 2.45) is 0 Å². The molecule has 1 aliphatic rings. The first-order chi connectivity index (χ1) is 13.9. The van der Waals surface area contributed by atoms with Crippen molar-refractivity contribution in [3.8, 4) is 11.5 Å². The highest BCUT2D eigenvalue weighted by Gasteiger charge is 2.45. The minimum absolute atomic E-state index is 0.204. The predicted molar refractivity (Wildman–Crippen MR) is 107 cm³/mol. The molecule has 1 heterocycles. The van der Waals surface area contributed by atoms with Gasteiger partial charge in [0.1, 0.15) is 0 Å². The number of carbonyl (C=O) groups excluding carboxylic acids is 3. The van der Waals surface area contributed by atoms with Crippen LogP contribution in [0, 0.1) is 0 Å². The molecule has 2 atom stereocenters. The van der Waals surface area contributed by atoms with Crippen molar-refractivity contribution in [2.45, 2.75) is 25.4 Å². The molecule has 2 aromatic carbocycles. The molecule has 7 heteroatoms. The van der Waals surface area contributed by atoms with E-state index in [1.807, 2.05) is 37.3 Å². The maximum atomic E-state index is 13.0. The Morgan fingerprint density at radius 1 is 1.00 bits per heavy atom. The molecule has 0 aromatic heterocycles. The summed E-state index contributed by atoms with van der Waals surface area (Å²) in [6.07, 6.45) is -0.412. The number of rotatable bonds is 6. The van der Waals surface area contributed by atoms with Gasteiger partial charge in [-0.1, -0.05) is 30.3 Å². The monoisotopic (exact) mass is 396 g/mol. The SMILES string of the molecule is COc1ccc(C(=O)CC(=O)N2C(=O)N(C)[C@H](C)[C@@H]2c2ccccc2)cc1OC. The van der Waals surface area contributed by atoms with Crippen LogP contribution in [0.1, 0.15) is 35.3 Å². The van der Waals surface area contributed by atoms with E-state index in [1.165, 1.54) is 30.1 Å². The van der Waals surface area contributed by atoms with E-state index in [2.05, 4.69) is 0 Å². The first-order valence-electron chi connectivity index (χ1n) is 9.28. The molecule has 0 bridgehead atoms. The minimum atomic E-state index is -0.528. The number of hydrogen-bond acceptors (Lipinski definition) is 5. The Morgan fingerprint density at radius 3 is 2.28 bits per heavy atom. The minimum Gasteiger partial charge on any atom is -0.493 e. The second-order valence-corrected chi connectivity index (χ2v) is 6.92. The standard InChI is InChI=1S/C22H24N2O5/c1-14-21(15-8-6-5-7-9-15)24(22(27)23(14)2)20(26)13-17(25)16-10-11-18(28-3)19(12-16)29-4/h5-12,14,21H,13H2,1-4H3/t14-,21-/m1/s1. The third-order valence-electron chi connectivity index (χ3n) is 5.28. The summed E-state index contributed by atoms with van der Waals surface area (Å²) in [5.41, 5.74) is 1.17. The molecule has 152 valence electrons. The number of methoxy groups -OCH3 is 2. The van der Waals surface area contributed by atoms with Gasteiger partial charge < -0.3 is 14.4 Å². The Morgan fingerprint density at radius 2 is 1.66 bits per heavy atom. The Labute approximate surface area is 169 Å². The van der Waals surface area contributed by atoms with Gasteiger partial charge in [0.05, 0.1) is 32.7 Å². The maximum Gasteiger partial charge on any atom is 0.327 e. The van der Waals surface area contributed by atoms with E-state index in [0.717, 1.165) is 5.56 Å². The van der Waals surface area contributed by atoms with Gasteiger partial charge in [0.25, 0.3) is 0 Å². The van der Waals surface area contributed by atoms with Gasteiger partial charge >= 0.3 is 6.03 Å². The molecule has 2 aromatic rings. The number of benzene rings is 2. The fourth-order valence-corrected chi connectivity index (χ4v) is 3.56. The van der Waals surface area contributed by atoms with Crippen LogP contribution in [0.4, 0.5) is 4.79 Å². The Bertz CT molecular complexity index is 928. The van der Waals surface area contributed by atoms with Gasteiger partial charge in [-0.25, -0.2) is 4.79 Å². The average Bonchev–Trinajstić information content (AvgIpc) is 2.97. The van der Waals surface area contributed by atoms with Crippen LogP contribution >= 0.6 is 0 Å². The van der Waals surface area contributed by atoms with Crippen molar-refractivity contribution < 1.29 is 23.9 Å². The zero-order valence-corrected chi connectivity index (χ0v) is 16.9. The zero-order valence-electron chi connectivity index (χ0n) is 16.9. The van der Waals surface area contributed by atoms with Crippen LogP contribution in [-0.4, -0.2) is 54.8 Å². The highest BCUT2D eigenvalue weighted by molar-refractivity contribution is 6.11. The van der Waals surface area contributed by atoms with Crippen LogP contribution in [0.3, 0.4) is 0 Å². The van der Waals surface area contributed by atoms with Crippen LogP contribution in [0.5, 0.6) is 11.5 Å². The Balaban J connectivity index is 1.85. The van der Waals surface area contributed by atoms with E-state index in [9.17, 15) is 14.4 Å². The fourth-order valence-electron chi connectivity index (χ4n) is 3.56. The number of ether oxygens (including phenoxy) is 2. The molecule has 29 heavy (non-hydrogen) atoms. The number of ketones is 1. The summed E-state index contributed by atoms with van der Waals surface area (Å²) < 4.78 is 10.4. The van der Waals surface area contributed by atoms with E-state index in [0.29, 0.717) is 17.1 Å². The van der Waals surface area contributed by atoms with Crippen molar-refractivity contribution in [2.75, 3.05) is 21.3 Å². The van der Waals surface area contributed by atoms with Gasteiger partial charge in [0.2, 0.25) is 5.91 Å². The van der Waals surface area contributed by atoms with Gasteiger partial charge in [0, 0.05) is 12.6 Å². The number of carbonyl (C=O) groups is 3. The van der Waals surface area contributed by atoms with Gasteiger partial charge in [-0.15, -0.1) is 0 Å². The van der Waals surface area contributed by atoms with Crippen LogP contribution < -0.4 is 9.47 Å². The summed E-state index contributed by atoms with van der Waals surface area (Å²) in [5, 5.41) is 0. The number of nitrogens with zero attached hydrogens (tertiary/aromatic N) is 2. The fraction of sp³-hybridized carbons (Fsp3) is 0.318. The molecule has 3 amide bonds. The largest absolute Gasteiger partial charge is 0.493 e. The van der Waals surface area contributed by atoms with Crippen LogP contribution in [0.2, 0.25) is 0 Å². The smallest absolute Gasteiger partial charge is 0.327 e. The first kappa shape index (κ1) is 20.4. The quantitative estimate of drug-likeness (QED) is 0.553. The van der Waals surface area contributed by atoms with Crippen molar-refractivity contribution in [1.82, 2.24) is 9.80 Å². The number of Topliss-reactive ketones (excluding diaryl/α,β-unsaturated/α-hetero) is 1. The summed E-state index contributed by atoms with van der Waals surface area (Å²) >= 11 is 0. The lowest BCUT2D eigenvalue weighted by Crippen LogP contribution is -2.37. The highest BCUT2D eigenvalue weighted by atomic mass is 16.5. The van der Waals surface area contributed by atoms with Crippen LogP contribution in [-0.2, 0) is 4.79 Å². The zero-order chi connectivity index (χ0) is 21.1. The number of urea groups is 1. The summed E-state index contributed by atoms with van der Waals surface area (Å²) in [6, 6.07) is 13.0. The number of likely N-dealkylation sites (N-methyl/N-ethyl adjacent to an activating group) is 1. The van der Waals surface area contributed by atoms with Gasteiger partial charge in [-0.05, 0) is 30.7 Å². The lowest BCUT2D eigenvalue weighted by molar-refractivity contribution is -0.128. The second-order valence-electron chi connectivity index (χ2n) is 6.92. The number of amides is 3. The molecule has 0 N–H and O–H groups in total. The van der Waals surface area contributed by atoms with Crippen molar-refractivity contribution >= 4 is 17.7 Å². The van der Waals surface area contributed by atoms with Gasteiger partial charge in [0.15, 0.2) is 17.3 Å². The maximum absolute atomic E-state index is 13.0. The van der Waals surface area contributed by atoms with E-state index < -0.39 is 30.2 Å². The molecule has 1 fully saturated rings. The predicted octanol–water partition coefficient (Wildman–Crippen LogP) is 3.30.